The zero-order valence-corrected chi connectivity index (χ0v) is 14.5. The minimum atomic E-state index is -0.555. The molecule has 3 aromatic rings. The van der Waals surface area contributed by atoms with Gasteiger partial charge in [0.25, 0.3) is 5.56 Å². The number of fused-ring (bicyclic) bond motifs is 1. The monoisotopic (exact) mass is 374 g/mol. The average molecular weight is 375 g/mol. The van der Waals surface area contributed by atoms with E-state index in [-0.39, 0.29) is 22.4 Å². The maximum absolute atomic E-state index is 13.7. The molecule has 2 heterocycles. The third kappa shape index (κ3) is 2.99. The molecule has 134 valence electrons. The summed E-state index contributed by atoms with van der Waals surface area (Å²) in [6, 6.07) is 6.15. The van der Waals surface area contributed by atoms with Gasteiger partial charge in [-0.1, -0.05) is 11.6 Å². The molecule has 8 heteroatoms. The lowest BCUT2D eigenvalue weighted by Crippen LogP contribution is -2.19. The van der Waals surface area contributed by atoms with Crippen LogP contribution in [-0.2, 0) is 4.79 Å². The van der Waals surface area contributed by atoms with Crippen molar-refractivity contribution < 1.29 is 9.18 Å². The van der Waals surface area contributed by atoms with Gasteiger partial charge in [-0.3, -0.25) is 14.3 Å². The number of rotatable bonds is 3. The fourth-order valence-electron chi connectivity index (χ4n) is 3.35. The number of benzene rings is 1. The van der Waals surface area contributed by atoms with Crippen LogP contribution in [0.5, 0.6) is 0 Å². The van der Waals surface area contributed by atoms with Crippen LogP contribution in [0.25, 0.3) is 10.9 Å². The van der Waals surface area contributed by atoms with Crippen LogP contribution in [0.3, 0.4) is 0 Å². The highest BCUT2D eigenvalue weighted by atomic mass is 35.5. The van der Waals surface area contributed by atoms with Crippen molar-refractivity contribution in [3.8, 4) is 0 Å². The van der Waals surface area contributed by atoms with Crippen LogP contribution in [0.4, 0.5) is 15.9 Å². The number of Topliss-reactive ketones (excluding diaryl/α,β-unsaturated/α-hetero) is 1. The van der Waals surface area contributed by atoms with E-state index >= 15 is 0 Å². The van der Waals surface area contributed by atoms with Crippen molar-refractivity contribution in [2.24, 2.45) is 0 Å². The van der Waals surface area contributed by atoms with Crippen molar-refractivity contribution in [1.29, 1.82) is 0 Å². The van der Waals surface area contributed by atoms with E-state index in [0.29, 0.717) is 48.1 Å². The summed E-state index contributed by atoms with van der Waals surface area (Å²) < 4.78 is 15.5. The topological polar surface area (TPSA) is 79.8 Å². The maximum atomic E-state index is 13.7. The molecule has 6 nitrogen and oxygen atoms in total. The highest BCUT2D eigenvalue weighted by Crippen LogP contribution is 2.32. The van der Waals surface area contributed by atoms with Gasteiger partial charge in [-0.05, 0) is 37.1 Å². The van der Waals surface area contributed by atoms with E-state index in [0.717, 1.165) is 0 Å². The van der Waals surface area contributed by atoms with Gasteiger partial charge < -0.3 is 10.3 Å². The molecule has 1 aliphatic carbocycles. The Hall–Kier alpha value is -2.67. The number of H-pyrrole nitrogens is 1. The predicted octanol–water partition coefficient (Wildman–Crippen LogP) is 3.94. The van der Waals surface area contributed by atoms with Crippen LogP contribution >= 0.6 is 11.6 Å². The largest absolute Gasteiger partial charge is 0.338 e. The number of pyridine rings is 1. The fourth-order valence-corrected chi connectivity index (χ4v) is 3.46. The molecule has 26 heavy (non-hydrogen) atoms. The first-order chi connectivity index (χ1) is 12.5. The van der Waals surface area contributed by atoms with E-state index in [1.165, 1.54) is 12.1 Å². The summed E-state index contributed by atoms with van der Waals surface area (Å²) in [5.74, 6) is 0.0473. The Labute approximate surface area is 153 Å². The fraction of sp³-hybridized carbons (Fsp3) is 0.278. The quantitative estimate of drug-likeness (QED) is 0.727. The number of hydrogen-bond acceptors (Lipinski definition) is 4. The Balaban J connectivity index is 1.78. The predicted molar refractivity (Wildman–Crippen MR) is 97.6 cm³/mol. The minimum absolute atomic E-state index is 0.0238. The summed E-state index contributed by atoms with van der Waals surface area (Å²) in [6.07, 6.45) is 3.98. The van der Waals surface area contributed by atoms with Crippen molar-refractivity contribution >= 4 is 39.8 Å². The number of nitrogens with one attached hydrogen (secondary N) is 2. The molecule has 0 atom stereocenters. The first-order valence-electron chi connectivity index (χ1n) is 8.36. The third-order valence-electron chi connectivity index (χ3n) is 4.67. The van der Waals surface area contributed by atoms with Gasteiger partial charge in [0.05, 0.1) is 16.6 Å². The second-order valence-corrected chi connectivity index (χ2v) is 6.79. The molecule has 1 aliphatic rings. The number of halogens is 2. The van der Waals surface area contributed by atoms with Gasteiger partial charge in [0.15, 0.2) is 5.82 Å². The van der Waals surface area contributed by atoms with Crippen molar-refractivity contribution in [2.45, 2.75) is 31.7 Å². The Morgan fingerprint density at radius 3 is 2.73 bits per heavy atom. The van der Waals surface area contributed by atoms with Gasteiger partial charge in [-0.2, -0.15) is 5.10 Å². The standard InChI is InChI=1S/C18H16ClFN4O2/c19-13-6-1-10(9-14(13)20)22-17-16-15(7-8-21-18(16)26)24(23-17)11-2-4-12(25)5-3-11/h1,6-9,11H,2-5H2,(H,21,26)(H,22,23). The molecular weight excluding hydrogens is 359 g/mol. The van der Waals surface area contributed by atoms with Crippen LogP contribution in [-0.4, -0.2) is 20.5 Å². The molecule has 0 saturated heterocycles. The highest BCUT2D eigenvalue weighted by Gasteiger charge is 2.24. The molecule has 0 amide bonds. The summed E-state index contributed by atoms with van der Waals surface area (Å²) in [6.45, 7) is 0. The lowest BCUT2D eigenvalue weighted by atomic mass is 9.94. The van der Waals surface area contributed by atoms with Crippen LogP contribution in [0.1, 0.15) is 31.7 Å². The van der Waals surface area contributed by atoms with E-state index < -0.39 is 5.82 Å². The van der Waals surface area contributed by atoms with Crippen molar-refractivity contribution in [3.05, 3.63) is 51.7 Å². The van der Waals surface area contributed by atoms with Gasteiger partial charge in [0.2, 0.25) is 0 Å². The SMILES string of the molecule is O=C1CCC(n2nc(Nc3ccc(Cl)c(F)c3)c3c(=O)[nH]ccc32)CC1. The number of hydrogen-bond donors (Lipinski definition) is 2. The normalized spacial score (nSPS) is 15.5. The molecule has 2 N–H and O–H groups in total. The van der Waals surface area contributed by atoms with Crippen LogP contribution in [0, 0.1) is 5.82 Å². The van der Waals surface area contributed by atoms with Gasteiger partial charge >= 0.3 is 0 Å². The summed E-state index contributed by atoms with van der Waals surface area (Å²) in [5.41, 5.74) is 0.850. The zero-order valence-electron chi connectivity index (χ0n) is 13.8. The number of ketones is 1. The average Bonchev–Trinajstić information content (AvgIpc) is 2.99. The Bertz CT molecular complexity index is 1050. The van der Waals surface area contributed by atoms with Gasteiger partial charge in [-0.25, -0.2) is 4.39 Å². The maximum Gasteiger partial charge on any atom is 0.261 e. The minimum Gasteiger partial charge on any atom is -0.338 e. The Kier molecular flexibility index (Phi) is 4.24. The molecule has 0 spiro atoms. The zero-order chi connectivity index (χ0) is 18.3. The number of nitrogens with zero attached hydrogens (tertiary/aromatic N) is 2. The molecular formula is C18H16ClFN4O2. The van der Waals surface area contributed by atoms with E-state index in [1.54, 1.807) is 23.0 Å². The first-order valence-corrected chi connectivity index (χ1v) is 8.74. The van der Waals surface area contributed by atoms with E-state index in [1.807, 2.05) is 0 Å². The second-order valence-electron chi connectivity index (χ2n) is 6.38. The Morgan fingerprint density at radius 1 is 1.23 bits per heavy atom. The summed E-state index contributed by atoms with van der Waals surface area (Å²) in [5, 5.41) is 8.00. The van der Waals surface area contributed by atoms with Crippen LogP contribution in [0.15, 0.2) is 35.3 Å². The number of aromatic nitrogens is 3. The number of aromatic amines is 1. The van der Waals surface area contributed by atoms with Crippen molar-refractivity contribution in [2.75, 3.05) is 5.32 Å². The first kappa shape index (κ1) is 16.8. The lowest BCUT2D eigenvalue weighted by Gasteiger charge is -2.22. The summed E-state index contributed by atoms with van der Waals surface area (Å²) in [7, 11) is 0. The van der Waals surface area contributed by atoms with Gasteiger partial charge in [0.1, 0.15) is 17.0 Å². The van der Waals surface area contributed by atoms with E-state index in [9.17, 15) is 14.0 Å². The molecule has 0 bridgehead atoms. The number of carbonyl (C=O) groups excluding carboxylic acids is 1. The number of carbonyl (C=O) groups is 1. The second kappa shape index (κ2) is 6.57. The van der Waals surface area contributed by atoms with E-state index in [4.69, 9.17) is 11.6 Å². The Morgan fingerprint density at radius 2 is 2.00 bits per heavy atom. The molecule has 1 fully saturated rings. The smallest absolute Gasteiger partial charge is 0.261 e. The summed E-state index contributed by atoms with van der Waals surface area (Å²) in [4.78, 5) is 26.5. The van der Waals surface area contributed by atoms with Gasteiger partial charge in [-0.15, -0.1) is 0 Å². The molecule has 2 aromatic heterocycles. The molecule has 1 aromatic carbocycles. The lowest BCUT2D eigenvalue weighted by molar-refractivity contribution is -0.120. The van der Waals surface area contributed by atoms with Gasteiger partial charge in [0, 0.05) is 24.7 Å². The highest BCUT2D eigenvalue weighted by molar-refractivity contribution is 6.30. The summed E-state index contributed by atoms with van der Waals surface area (Å²) >= 11 is 5.72. The van der Waals surface area contributed by atoms with E-state index in [2.05, 4.69) is 15.4 Å². The van der Waals surface area contributed by atoms with Crippen LogP contribution in [0.2, 0.25) is 5.02 Å². The molecule has 0 aliphatic heterocycles. The molecule has 0 radical (unpaired) electrons. The molecule has 0 unspecified atom stereocenters. The molecule has 1 saturated carbocycles. The molecule has 4 rings (SSSR count). The third-order valence-corrected chi connectivity index (χ3v) is 4.98. The van der Waals surface area contributed by atoms with Crippen molar-refractivity contribution in [3.63, 3.8) is 0 Å². The van der Waals surface area contributed by atoms with Crippen LogP contribution < -0.4 is 10.9 Å². The number of anilines is 2. The van der Waals surface area contributed by atoms with Crippen molar-refractivity contribution in [1.82, 2.24) is 14.8 Å².